The summed E-state index contributed by atoms with van der Waals surface area (Å²) in [7, 11) is -3.50. The molecule has 1 saturated heterocycles. The van der Waals surface area contributed by atoms with Crippen molar-refractivity contribution in [3.8, 4) is 0 Å². The Morgan fingerprint density at radius 3 is 1.96 bits per heavy atom. The molecule has 0 bridgehead atoms. The van der Waals surface area contributed by atoms with Gasteiger partial charge < -0.3 is 18.7 Å². The quantitative estimate of drug-likeness (QED) is 0.447. The van der Waals surface area contributed by atoms with E-state index in [9.17, 15) is 5.11 Å². The second kappa shape index (κ2) is 9.60. The predicted molar refractivity (Wildman–Crippen MR) is 124 cm³/mol. The molecule has 6 heteroatoms. The third kappa shape index (κ3) is 7.51. The molecule has 0 amide bonds. The van der Waals surface area contributed by atoms with Gasteiger partial charge >= 0.3 is 0 Å². The molecule has 168 valence electrons. The van der Waals surface area contributed by atoms with Gasteiger partial charge in [-0.15, -0.1) is 0 Å². The van der Waals surface area contributed by atoms with E-state index in [0.717, 1.165) is 25.7 Å². The molecule has 0 aromatic heterocycles. The van der Waals surface area contributed by atoms with Gasteiger partial charge in [-0.25, -0.2) is 0 Å². The summed E-state index contributed by atoms with van der Waals surface area (Å²) in [5.74, 6) is 0. The first kappa shape index (κ1) is 26.3. The van der Waals surface area contributed by atoms with Crippen molar-refractivity contribution in [1.82, 2.24) is 0 Å². The molecule has 0 radical (unpaired) electrons. The van der Waals surface area contributed by atoms with Crippen molar-refractivity contribution >= 4 is 16.6 Å². The molecule has 1 heterocycles. The van der Waals surface area contributed by atoms with Crippen molar-refractivity contribution in [3.63, 3.8) is 0 Å². The van der Waals surface area contributed by atoms with E-state index in [4.69, 9.17) is 13.6 Å². The lowest BCUT2D eigenvalue weighted by atomic mass is 10.0. The number of rotatable bonds is 9. The highest BCUT2D eigenvalue weighted by molar-refractivity contribution is 6.74. The van der Waals surface area contributed by atoms with E-state index in [0.29, 0.717) is 6.61 Å². The van der Waals surface area contributed by atoms with Crippen LogP contribution in [0, 0.1) is 0 Å². The first-order valence-electron chi connectivity index (χ1n) is 11.1. The highest BCUT2D eigenvalue weighted by Gasteiger charge is 2.40. The molecular formula is C22H48O4Si2. The van der Waals surface area contributed by atoms with E-state index in [1.54, 1.807) is 0 Å². The van der Waals surface area contributed by atoms with Gasteiger partial charge in [-0.1, -0.05) is 41.5 Å². The van der Waals surface area contributed by atoms with Crippen molar-refractivity contribution in [2.45, 2.75) is 135 Å². The Kier molecular flexibility index (Phi) is 9.02. The monoisotopic (exact) mass is 432 g/mol. The van der Waals surface area contributed by atoms with Crippen molar-refractivity contribution in [2.75, 3.05) is 6.61 Å². The number of aliphatic hydroxyl groups is 1. The van der Waals surface area contributed by atoms with Crippen LogP contribution in [-0.2, 0) is 13.6 Å². The van der Waals surface area contributed by atoms with Gasteiger partial charge in [0.05, 0.1) is 24.9 Å². The molecule has 4 atom stereocenters. The Morgan fingerprint density at radius 1 is 0.929 bits per heavy atom. The van der Waals surface area contributed by atoms with Gasteiger partial charge in [0.1, 0.15) is 0 Å². The highest BCUT2D eigenvalue weighted by Crippen LogP contribution is 2.38. The number of hydrogen-bond acceptors (Lipinski definition) is 4. The van der Waals surface area contributed by atoms with E-state index < -0.39 is 22.7 Å². The summed E-state index contributed by atoms with van der Waals surface area (Å²) in [6, 6.07) is 0. The van der Waals surface area contributed by atoms with Crippen LogP contribution in [0.5, 0.6) is 0 Å². The van der Waals surface area contributed by atoms with Crippen LogP contribution in [0.25, 0.3) is 0 Å². The van der Waals surface area contributed by atoms with Gasteiger partial charge in [0, 0.05) is 6.10 Å². The lowest BCUT2D eigenvalue weighted by Crippen LogP contribution is -2.43. The van der Waals surface area contributed by atoms with Gasteiger partial charge in [0.2, 0.25) is 0 Å². The Hall–Kier alpha value is 0.274. The summed E-state index contributed by atoms with van der Waals surface area (Å²) in [5, 5.41) is 11.1. The van der Waals surface area contributed by atoms with E-state index in [2.05, 4.69) is 74.7 Å². The average Bonchev–Trinajstić information content (AvgIpc) is 2.97. The van der Waals surface area contributed by atoms with Crippen molar-refractivity contribution < 1.29 is 18.7 Å². The van der Waals surface area contributed by atoms with E-state index in [-0.39, 0.29) is 28.4 Å². The van der Waals surface area contributed by atoms with Crippen molar-refractivity contribution in [2.24, 2.45) is 0 Å². The van der Waals surface area contributed by atoms with Crippen molar-refractivity contribution in [1.29, 1.82) is 0 Å². The summed E-state index contributed by atoms with van der Waals surface area (Å²) in [5.41, 5.74) is 0. The number of ether oxygens (including phenoxy) is 1. The first-order chi connectivity index (χ1) is 12.5. The zero-order valence-corrected chi connectivity index (χ0v) is 22.5. The SMILES string of the molecule is C[C@H](CC[C@@H](O)[C@@H]1CC[C@@H](CO[Si](C)(C)C(C)(C)C)O1)O[Si](C)(C)C(C)(C)C. The number of aliphatic hydroxyl groups excluding tert-OH is 1. The standard InChI is InChI=1S/C22H48O4Si2/c1-17(26-28(10,11)22(5,6)7)12-14-19(23)20-15-13-18(25-20)16-24-27(8,9)21(2,3)4/h17-20,23H,12-16H2,1-11H3/t17-,18+,19-,20+/m1/s1. The summed E-state index contributed by atoms with van der Waals surface area (Å²) >= 11 is 0. The largest absolute Gasteiger partial charge is 0.414 e. The van der Waals surface area contributed by atoms with E-state index >= 15 is 0 Å². The summed E-state index contributed by atoms with van der Waals surface area (Å²) in [4.78, 5) is 0. The topological polar surface area (TPSA) is 47.9 Å². The molecule has 1 aliphatic rings. The maximum absolute atomic E-state index is 10.6. The minimum absolute atomic E-state index is 0.0620. The molecule has 0 unspecified atom stereocenters. The maximum atomic E-state index is 10.6. The Labute approximate surface area is 177 Å². The normalized spacial score (nSPS) is 24.4. The molecule has 0 aromatic rings. The second-order valence-corrected chi connectivity index (χ2v) is 21.3. The first-order valence-corrected chi connectivity index (χ1v) is 16.9. The molecule has 4 nitrogen and oxygen atoms in total. The van der Waals surface area contributed by atoms with Crippen LogP contribution < -0.4 is 0 Å². The molecule has 1 rings (SSSR count). The van der Waals surface area contributed by atoms with Gasteiger partial charge in [0.25, 0.3) is 0 Å². The molecule has 28 heavy (non-hydrogen) atoms. The van der Waals surface area contributed by atoms with Crippen LogP contribution in [0.4, 0.5) is 0 Å². The average molecular weight is 433 g/mol. The Morgan fingerprint density at radius 2 is 1.46 bits per heavy atom. The smallest absolute Gasteiger partial charge is 0.192 e. The molecule has 1 aliphatic heterocycles. The zero-order chi connectivity index (χ0) is 22.0. The zero-order valence-electron chi connectivity index (χ0n) is 20.5. The van der Waals surface area contributed by atoms with Crippen LogP contribution in [0.3, 0.4) is 0 Å². The van der Waals surface area contributed by atoms with Crippen LogP contribution in [0.1, 0.15) is 74.1 Å². The maximum Gasteiger partial charge on any atom is 0.192 e. The third-order valence-corrected chi connectivity index (χ3v) is 16.3. The second-order valence-electron chi connectivity index (χ2n) is 11.8. The molecule has 1 fully saturated rings. The molecular weight excluding hydrogens is 384 g/mol. The third-order valence-electron chi connectivity index (χ3n) is 7.18. The fraction of sp³-hybridized carbons (Fsp3) is 1.00. The molecule has 0 spiro atoms. The van der Waals surface area contributed by atoms with Gasteiger partial charge in [-0.2, -0.15) is 0 Å². The van der Waals surface area contributed by atoms with E-state index in [1.165, 1.54) is 0 Å². The van der Waals surface area contributed by atoms with Gasteiger partial charge in [-0.05, 0) is 68.9 Å². The minimum atomic E-state index is -1.75. The molecule has 0 aliphatic carbocycles. The van der Waals surface area contributed by atoms with Crippen LogP contribution in [0.2, 0.25) is 36.3 Å². The predicted octanol–water partition coefficient (Wildman–Crippen LogP) is 6.11. The van der Waals surface area contributed by atoms with Crippen LogP contribution >= 0.6 is 0 Å². The molecule has 0 saturated carbocycles. The lowest BCUT2D eigenvalue weighted by Gasteiger charge is -2.38. The summed E-state index contributed by atoms with van der Waals surface area (Å²) in [6.07, 6.45) is 3.33. The van der Waals surface area contributed by atoms with Crippen molar-refractivity contribution in [3.05, 3.63) is 0 Å². The number of hydrogen-bond donors (Lipinski definition) is 1. The summed E-state index contributed by atoms with van der Waals surface area (Å²) in [6.45, 7) is 25.5. The summed E-state index contributed by atoms with van der Waals surface area (Å²) < 4.78 is 18.9. The van der Waals surface area contributed by atoms with Crippen LogP contribution in [-0.4, -0.2) is 52.8 Å². The van der Waals surface area contributed by atoms with Gasteiger partial charge in [-0.3, -0.25) is 0 Å². The molecule has 0 aromatic carbocycles. The van der Waals surface area contributed by atoms with Crippen LogP contribution in [0.15, 0.2) is 0 Å². The lowest BCUT2D eigenvalue weighted by molar-refractivity contribution is -0.0521. The van der Waals surface area contributed by atoms with E-state index in [1.807, 2.05) is 0 Å². The Bertz CT molecular complexity index is 480. The fourth-order valence-electron chi connectivity index (χ4n) is 2.99. The minimum Gasteiger partial charge on any atom is -0.414 e. The molecule has 1 N–H and O–H groups in total. The highest BCUT2D eigenvalue weighted by atomic mass is 28.4. The Balaban J connectivity index is 2.40. The fourth-order valence-corrected chi connectivity index (χ4v) is 5.50. The van der Waals surface area contributed by atoms with Gasteiger partial charge in [0.15, 0.2) is 16.6 Å².